The zero-order valence-electron chi connectivity index (χ0n) is 9.26. The minimum atomic E-state index is -3.52. The maximum atomic E-state index is 11.8. The third kappa shape index (κ3) is 3.73. The minimum absolute atomic E-state index is 0.117. The van der Waals surface area contributed by atoms with Crippen LogP contribution in [0.4, 0.5) is 0 Å². The van der Waals surface area contributed by atoms with Gasteiger partial charge in [0.25, 0.3) is 0 Å². The van der Waals surface area contributed by atoms with Crippen LogP contribution in [0.15, 0.2) is 0 Å². The molecule has 1 N–H and O–H groups in total. The molecule has 0 saturated carbocycles. The molecule has 0 bridgehead atoms. The summed E-state index contributed by atoms with van der Waals surface area (Å²) in [6.45, 7) is 1.90. The molecule has 7 heteroatoms. The van der Waals surface area contributed by atoms with Gasteiger partial charge >= 0.3 is 5.97 Å². The fourth-order valence-electron chi connectivity index (χ4n) is 1.67. The lowest BCUT2D eigenvalue weighted by Gasteiger charge is -2.20. The molecule has 1 heterocycles. The van der Waals surface area contributed by atoms with Crippen molar-refractivity contribution in [2.75, 3.05) is 25.4 Å². The van der Waals surface area contributed by atoms with Gasteiger partial charge in [-0.1, -0.05) is 6.92 Å². The van der Waals surface area contributed by atoms with Crippen LogP contribution in [0.25, 0.3) is 0 Å². The van der Waals surface area contributed by atoms with E-state index in [0.717, 1.165) is 17.1 Å². The molecule has 0 aromatic rings. The summed E-state index contributed by atoms with van der Waals surface area (Å²) in [4.78, 5) is 10.5. The highest BCUT2D eigenvalue weighted by Crippen LogP contribution is 2.15. The summed E-state index contributed by atoms with van der Waals surface area (Å²) in [6, 6.07) is 0. The van der Waals surface area contributed by atoms with E-state index in [4.69, 9.17) is 9.84 Å². The second-order valence-electron chi connectivity index (χ2n) is 3.73. The van der Waals surface area contributed by atoms with E-state index in [1.807, 2.05) is 0 Å². The Labute approximate surface area is 95.2 Å². The Kier molecular flexibility index (Phi) is 4.69. The number of hydrogen-bond acceptors (Lipinski definition) is 4. The van der Waals surface area contributed by atoms with E-state index in [9.17, 15) is 13.2 Å². The Morgan fingerprint density at radius 2 is 2.25 bits per heavy atom. The molecular formula is C9H17NO5S. The molecule has 1 atom stereocenters. The summed E-state index contributed by atoms with van der Waals surface area (Å²) in [6.07, 6.45) is 1.31. The maximum absolute atomic E-state index is 11.8. The topological polar surface area (TPSA) is 83.9 Å². The lowest BCUT2D eigenvalue weighted by molar-refractivity contribution is -0.137. The molecular weight excluding hydrogens is 234 g/mol. The average molecular weight is 251 g/mol. The van der Waals surface area contributed by atoms with Crippen LogP contribution in [0.2, 0.25) is 0 Å². The largest absolute Gasteiger partial charge is 0.480 e. The number of rotatable bonds is 6. The standard InChI is InChI=1S/C9H17NO5S/c1-2-10(6-9(11)12)16(13,14)7-8-4-3-5-15-8/h8H,2-7H2,1H3,(H,11,12). The number of likely N-dealkylation sites (N-methyl/N-ethyl adjacent to an activating group) is 1. The first kappa shape index (κ1) is 13.4. The van der Waals surface area contributed by atoms with Crippen LogP contribution in [-0.4, -0.2) is 55.4 Å². The average Bonchev–Trinajstić information content (AvgIpc) is 2.65. The smallest absolute Gasteiger partial charge is 0.318 e. The van der Waals surface area contributed by atoms with E-state index < -0.39 is 22.5 Å². The number of ether oxygens (including phenoxy) is 1. The van der Waals surface area contributed by atoms with E-state index in [1.165, 1.54) is 0 Å². The summed E-state index contributed by atoms with van der Waals surface area (Å²) in [7, 11) is -3.52. The van der Waals surface area contributed by atoms with Gasteiger partial charge in [0, 0.05) is 13.2 Å². The predicted molar refractivity (Wildman–Crippen MR) is 57.6 cm³/mol. The molecule has 1 saturated heterocycles. The second kappa shape index (κ2) is 5.60. The molecule has 16 heavy (non-hydrogen) atoms. The minimum Gasteiger partial charge on any atom is -0.480 e. The van der Waals surface area contributed by atoms with Crippen LogP contribution in [0.5, 0.6) is 0 Å². The highest BCUT2D eigenvalue weighted by atomic mass is 32.2. The molecule has 0 aromatic heterocycles. The van der Waals surface area contributed by atoms with Crippen molar-refractivity contribution in [3.63, 3.8) is 0 Å². The molecule has 1 aliphatic heterocycles. The van der Waals surface area contributed by atoms with Crippen molar-refractivity contribution in [3.8, 4) is 0 Å². The Hall–Kier alpha value is -0.660. The number of hydrogen-bond donors (Lipinski definition) is 1. The Morgan fingerprint density at radius 1 is 1.56 bits per heavy atom. The van der Waals surface area contributed by atoms with Crippen LogP contribution in [-0.2, 0) is 19.6 Å². The number of sulfonamides is 1. The van der Waals surface area contributed by atoms with Gasteiger partial charge in [-0.15, -0.1) is 0 Å². The molecule has 0 aliphatic carbocycles. The highest BCUT2D eigenvalue weighted by Gasteiger charge is 2.28. The summed E-state index contributed by atoms with van der Waals surface area (Å²) in [5.41, 5.74) is 0. The zero-order chi connectivity index (χ0) is 12.2. The normalized spacial score (nSPS) is 21.5. The van der Waals surface area contributed by atoms with Crippen molar-refractivity contribution in [3.05, 3.63) is 0 Å². The molecule has 1 aliphatic rings. The van der Waals surface area contributed by atoms with Gasteiger partial charge in [0.05, 0.1) is 11.9 Å². The van der Waals surface area contributed by atoms with Gasteiger partial charge in [-0.25, -0.2) is 8.42 Å². The van der Waals surface area contributed by atoms with Crippen molar-refractivity contribution in [2.45, 2.75) is 25.9 Å². The second-order valence-corrected chi connectivity index (χ2v) is 5.75. The lowest BCUT2D eigenvalue weighted by Crippen LogP contribution is -2.39. The predicted octanol–water partition coefficient (Wildman–Crippen LogP) is -0.0983. The van der Waals surface area contributed by atoms with E-state index in [-0.39, 0.29) is 18.4 Å². The monoisotopic (exact) mass is 251 g/mol. The molecule has 1 unspecified atom stereocenters. The zero-order valence-corrected chi connectivity index (χ0v) is 10.1. The summed E-state index contributed by atoms with van der Waals surface area (Å²) in [5, 5.41) is 8.60. The third-order valence-electron chi connectivity index (χ3n) is 2.48. The molecule has 0 radical (unpaired) electrons. The van der Waals surface area contributed by atoms with Gasteiger partial charge in [0.15, 0.2) is 0 Å². The molecule has 0 spiro atoms. The summed E-state index contributed by atoms with van der Waals surface area (Å²) in [5.74, 6) is -1.26. The maximum Gasteiger partial charge on any atom is 0.318 e. The number of carbonyl (C=O) groups is 1. The van der Waals surface area contributed by atoms with Gasteiger partial charge in [-0.3, -0.25) is 4.79 Å². The van der Waals surface area contributed by atoms with Crippen LogP contribution >= 0.6 is 0 Å². The van der Waals surface area contributed by atoms with Crippen LogP contribution in [0.1, 0.15) is 19.8 Å². The van der Waals surface area contributed by atoms with Crippen LogP contribution in [0.3, 0.4) is 0 Å². The van der Waals surface area contributed by atoms with E-state index >= 15 is 0 Å². The quantitative estimate of drug-likeness (QED) is 0.712. The number of carboxylic acid groups (broad SMARTS) is 1. The van der Waals surface area contributed by atoms with E-state index in [0.29, 0.717) is 6.61 Å². The summed E-state index contributed by atoms with van der Waals surface area (Å²) >= 11 is 0. The molecule has 6 nitrogen and oxygen atoms in total. The van der Waals surface area contributed by atoms with Crippen molar-refractivity contribution < 1.29 is 23.1 Å². The first-order chi connectivity index (χ1) is 7.45. The number of aliphatic carboxylic acids is 1. The van der Waals surface area contributed by atoms with Crippen molar-refractivity contribution >= 4 is 16.0 Å². The number of carboxylic acids is 1. The van der Waals surface area contributed by atoms with E-state index in [1.54, 1.807) is 6.92 Å². The molecule has 1 fully saturated rings. The highest BCUT2D eigenvalue weighted by molar-refractivity contribution is 7.89. The molecule has 1 rings (SSSR count). The lowest BCUT2D eigenvalue weighted by atomic mass is 10.3. The van der Waals surface area contributed by atoms with Gasteiger partial charge in [0.1, 0.15) is 6.54 Å². The first-order valence-electron chi connectivity index (χ1n) is 5.27. The Bertz CT molecular complexity index is 334. The molecule has 0 amide bonds. The first-order valence-corrected chi connectivity index (χ1v) is 6.88. The van der Waals surface area contributed by atoms with Crippen molar-refractivity contribution in [1.82, 2.24) is 4.31 Å². The van der Waals surface area contributed by atoms with Crippen LogP contribution < -0.4 is 0 Å². The fourth-order valence-corrected chi connectivity index (χ4v) is 3.32. The van der Waals surface area contributed by atoms with Crippen molar-refractivity contribution in [2.24, 2.45) is 0 Å². The SMILES string of the molecule is CCN(CC(=O)O)S(=O)(=O)CC1CCCO1. The van der Waals surface area contributed by atoms with Gasteiger partial charge in [0.2, 0.25) is 10.0 Å². The van der Waals surface area contributed by atoms with Gasteiger partial charge in [-0.05, 0) is 12.8 Å². The molecule has 0 aromatic carbocycles. The third-order valence-corrected chi connectivity index (χ3v) is 4.45. The Morgan fingerprint density at radius 3 is 2.69 bits per heavy atom. The van der Waals surface area contributed by atoms with Crippen molar-refractivity contribution in [1.29, 1.82) is 0 Å². The molecule has 94 valence electrons. The summed E-state index contributed by atoms with van der Waals surface area (Å²) < 4.78 is 29.9. The fraction of sp³-hybridized carbons (Fsp3) is 0.889. The van der Waals surface area contributed by atoms with Crippen LogP contribution in [0, 0.1) is 0 Å². The van der Waals surface area contributed by atoms with Gasteiger partial charge < -0.3 is 9.84 Å². The Balaban J connectivity index is 2.62. The van der Waals surface area contributed by atoms with Gasteiger partial charge in [-0.2, -0.15) is 4.31 Å². The van der Waals surface area contributed by atoms with E-state index in [2.05, 4.69) is 0 Å². The number of nitrogens with zero attached hydrogens (tertiary/aromatic N) is 1.